The quantitative estimate of drug-likeness (QED) is 0.393. The Hall–Kier alpha value is -3.12. The largest absolute Gasteiger partial charge is 0.334 e. The highest BCUT2D eigenvalue weighted by Crippen LogP contribution is 2.24. The Bertz CT molecular complexity index is 1080. The number of benzene rings is 2. The first kappa shape index (κ1) is 25.0. The van der Waals surface area contributed by atoms with Crippen LogP contribution < -0.4 is 5.32 Å². The molecule has 184 valence electrons. The number of hydrogen-bond acceptors (Lipinski definition) is 3. The topological polar surface area (TPSA) is 52.7 Å². The Morgan fingerprint density at radius 2 is 1.54 bits per heavy atom. The van der Waals surface area contributed by atoms with Crippen LogP contribution >= 0.6 is 11.3 Å². The van der Waals surface area contributed by atoms with Crippen molar-refractivity contribution in [2.45, 2.75) is 64.7 Å². The van der Waals surface area contributed by atoms with E-state index in [1.54, 1.807) is 16.2 Å². The van der Waals surface area contributed by atoms with E-state index in [1.807, 2.05) is 65.6 Å². The number of aryl methyl sites for hydroxylation is 1. The molecule has 1 fully saturated rings. The first-order chi connectivity index (χ1) is 17.1. The summed E-state index contributed by atoms with van der Waals surface area (Å²) in [5.74, 6) is -0.0120. The number of thiophene rings is 1. The van der Waals surface area contributed by atoms with E-state index in [-0.39, 0.29) is 24.5 Å². The number of carbonyl (C=O) groups is 2. The number of urea groups is 1. The third-order valence-corrected chi connectivity index (χ3v) is 7.75. The molecule has 1 aliphatic carbocycles. The Morgan fingerprint density at radius 3 is 2.17 bits per heavy atom. The van der Waals surface area contributed by atoms with Gasteiger partial charge in [0.1, 0.15) is 6.54 Å². The highest BCUT2D eigenvalue weighted by Gasteiger charge is 2.29. The van der Waals surface area contributed by atoms with Gasteiger partial charge >= 0.3 is 6.03 Å². The number of hydrogen-bond donors (Lipinski definition) is 1. The molecule has 0 bridgehead atoms. The van der Waals surface area contributed by atoms with E-state index in [0.717, 1.165) is 36.8 Å². The van der Waals surface area contributed by atoms with Crippen molar-refractivity contribution in [3.8, 4) is 0 Å². The molecule has 1 aromatic heterocycles. The molecular weight excluding hydrogens is 454 g/mol. The van der Waals surface area contributed by atoms with Gasteiger partial charge < -0.3 is 15.1 Å². The molecule has 0 spiro atoms. The summed E-state index contributed by atoms with van der Waals surface area (Å²) in [5, 5.41) is 5.13. The molecule has 0 saturated heterocycles. The molecule has 1 aliphatic rings. The summed E-state index contributed by atoms with van der Waals surface area (Å²) < 4.78 is 0. The summed E-state index contributed by atoms with van der Waals surface area (Å²) in [6.07, 6.45) is 5.30. The lowest BCUT2D eigenvalue weighted by molar-refractivity contribution is -0.133. The third-order valence-electron chi connectivity index (χ3n) is 6.74. The molecule has 0 aliphatic heterocycles. The van der Waals surface area contributed by atoms with Crippen molar-refractivity contribution in [3.05, 3.63) is 93.7 Å². The van der Waals surface area contributed by atoms with Gasteiger partial charge in [-0.05, 0) is 47.9 Å². The summed E-state index contributed by atoms with van der Waals surface area (Å²) in [4.78, 5) is 32.0. The zero-order valence-corrected chi connectivity index (χ0v) is 21.3. The second-order valence-corrected chi connectivity index (χ2v) is 10.3. The van der Waals surface area contributed by atoms with Gasteiger partial charge in [-0.2, -0.15) is 0 Å². The Labute approximate surface area is 212 Å². The highest BCUT2D eigenvalue weighted by atomic mass is 32.1. The van der Waals surface area contributed by atoms with Gasteiger partial charge in [-0.25, -0.2) is 4.79 Å². The van der Waals surface area contributed by atoms with Crippen molar-refractivity contribution in [1.82, 2.24) is 15.1 Å². The van der Waals surface area contributed by atoms with Gasteiger partial charge in [0.05, 0.1) is 6.54 Å². The maximum absolute atomic E-state index is 13.7. The standard InChI is InChI=1S/C29H35N3O2S/c1-23-17-18-35-27(23)21-31(20-25-13-7-3-8-14-25)28(33)22-32(26-15-9-4-10-16-26)29(34)30-19-24-11-5-2-6-12-24/h2-3,5-8,11-14,17-18,26H,4,9-10,15-16,19-22H2,1H3,(H,30,34). The van der Waals surface area contributed by atoms with Crippen LogP contribution in [0.3, 0.4) is 0 Å². The minimum absolute atomic E-state index is 0.0120. The lowest BCUT2D eigenvalue weighted by atomic mass is 9.94. The number of nitrogens with zero attached hydrogens (tertiary/aromatic N) is 2. The Morgan fingerprint density at radius 1 is 0.886 bits per heavy atom. The molecule has 3 aromatic rings. The summed E-state index contributed by atoms with van der Waals surface area (Å²) >= 11 is 1.68. The van der Waals surface area contributed by atoms with Gasteiger partial charge in [0, 0.05) is 24.0 Å². The monoisotopic (exact) mass is 489 g/mol. The molecule has 0 atom stereocenters. The molecule has 6 heteroatoms. The molecule has 4 rings (SSSR count). The molecule has 0 radical (unpaired) electrons. The van der Waals surface area contributed by atoms with Crippen LogP contribution in [0.4, 0.5) is 4.79 Å². The Kier molecular flexibility index (Phi) is 8.96. The van der Waals surface area contributed by atoms with Gasteiger partial charge in [-0.1, -0.05) is 79.9 Å². The Balaban J connectivity index is 1.50. The fourth-order valence-corrected chi connectivity index (χ4v) is 5.58. The number of carbonyl (C=O) groups excluding carboxylic acids is 2. The molecule has 1 heterocycles. The second kappa shape index (κ2) is 12.5. The van der Waals surface area contributed by atoms with Gasteiger partial charge in [0.25, 0.3) is 0 Å². The van der Waals surface area contributed by atoms with E-state index in [2.05, 4.69) is 23.7 Å². The van der Waals surface area contributed by atoms with Crippen molar-refractivity contribution in [2.75, 3.05) is 6.54 Å². The fraction of sp³-hybridized carbons (Fsp3) is 0.379. The molecule has 5 nitrogen and oxygen atoms in total. The minimum Gasteiger partial charge on any atom is -0.334 e. The number of rotatable bonds is 9. The van der Waals surface area contributed by atoms with Crippen LogP contribution in [0.25, 0.3) is 0 Å². The predicted octanol–water partition coefficient (Wildman–Crippen LogP) is 6.13. The number of nitrogens with one attached hydrogen (secondary N) is 1. The first-order valence-corrected chi connectivity index (χ1v) is 13.4. The van der Waals surface area contributed by atoms with E-state index in [0.29, 0.717) is 19.6 Å². The van der Waals surface area contributed by atoms with Crippen molar-refractivity contribution in [3.63, 3.8) is 0 Å². The lowest BCUT2D eigenvalue weighted by Gasteiger charge is -2.35. The smallest absolute Gasteiger partial charge is 0.318 e. The zero-order valence-electron chi connectivity index (χ0n) is 20.5. The van der Waals surface area contributed by atoms with Crippen LogP contribution in [0, 0.1) is 6.92 Å². The normalized spacial score (nSPS) is 13.9. The van der Waals surface area contributed by atoms with Crippen LogP contribution in [-0.4, -0.2) is 34.3 Å². The maximum Gasteiger partial charge on any atom is 0.318 e. The number of amides is 3. The highest BCUT2D eigenvalue weighted by molar-refractivity contribution is 7.10. The van der Waals surface area contributed by atoms with E-state index in [1.165, 1.54) is 16.9 Å². The summed E-state index contributed by atoms with van der Waals surface area (Å²) in [6.45, 7) is 3.73. The van der Waals surface area contributed by atoms with E-state index in [4.69, 9.17) is 0 Å². The maximum atomic E-state index is 13.7. The summed E-state index contributed by atoms with van der Waals surface area (Å²) in [5.41, 5.74) is 3.34. The van der Waals surface area contributed by atoms with Gasteiger partial charge in [-0.3, -0.25) is 4.79 Å². The zero-order chi connectivity index (χ0) is 24.5. The van der Waals surface area contributed by atoms with Crippen LogP contribution in [0.5, 0.6) is 0 Å². The molecule has 0 unspecified atom stereocenters. The first-order valence-electron chi connectivity index (χ1n) is 12.5. The molecule has 3 amide bonds. The molecule has 2 aromatic carbocycles. The van der Waals surface area contributed by atoms with E-state index >= 15 is 0 Å². The van der Waals surface area contributed by atoms with Crippen molar-refractivity contribution in [2.24, 2.45) is 0 Å². The molecule has 1 saturated carbocycles. The second-order valence-electron chi connectivity index (χ2n) is 9.33. The third kappa shape index (κ3) is 7.18. The fourth-order valence-electron chi connectivity index (χ4n) is 4.66. The SMILES string of the molecule is Cc1ccsc1CN(Cc1ccccc1)C(=O)CN(C(=O)NCc1ccccc1)C1CCCCC1. The van der Waals surface area contributed by atoms with Crippen molar-refractivity contribution >= 4 is 23.3 Å². The van der Waals surface area contributed by atoms with Gasteiger partial charge in [0.15, 0.2) is 0 Å². The van der Waals surface area contributed by atoms with Crippen molar-refractivity contribution in [1.29, 1.82) is 0 Å². The van der Waals surface area contributed by atoms with Crippen LogP contribution in [0.1, 0.15) is 53.7 Å². The van der Waals surface area contributed by atoms with Crippen LogP contribution in [0.2, 0.25) is 0 Å². The average molecular weight is 490 g/mol. The lowest BCUT2D eigenvalue weighted by Crippen LogP contribution is -2.51. The summed E-state index contributed by atoms with van der Waals surface area (Å²) in [6, 6.07) is 22.0. The van der Waals surface area contributed by atoms with Crippen molar-refractivity contribution < 1.29 is 9.59 Å². The van der Waals surface area contributed by atoms with E-state index in [9.17, 15) is 9.59 Å². The molecular formula is C29H35N3O2S. The van der Waals surface area contributed by atoms with Gasteiger partial charge in [0.2, 0.25) is 5.91 Å². The van der Waals surface area contributed by atoms with Crippen LogP contribution in [0.15, 0.2) is 72.1 Å². The van der Waals surface area contributed by atoms with Gasteiger partial charge in [-0.15, -0.1) is 11.3 Å². The average Bonchev–Trinajstić information content (AvgIpc) is 3.31. The van der Waals surface area contributed by atoms with Crippen LogP contribution in [-0.2, 0) is 24.4 Å². The van der Waals surface area contributed by atoms with E-state index < -0.39 is 0 Å². The molecule has 35 heavy (non-hydrogen) atoms. The summed E-state index contributed by atoms with van der Waals surface area (Å²) in [7, 11) is 0. The predicted molar refractivity (Wildman–Crippen MR) is 142 cm³/mol. The molecule has 1 N–H and O–H groups in total. The minimum atomic E-state index is -0.152.